The maximum atomic E-state index is 14.8. The molecule has 2 aromatic rings. The molecule has 0 bridgehead atoms. The van der Waals surface area contributed by atoms with Crippen LogP contribution in [-0.2, 0) is 39.4 Å². The highest BCUT2D eigenvalue weighted by molar-refractivity contribution is 7.99. The van der Waals surface area contributed by atoms with Crippen LogP contribution in [0.15, 0.2) is 35.4 Å². The van der Waals surface area contributed by atoms with Gasteiger partial charge in [0.1, 0.15) is 23.2 Å². The van der Waals surface area contributed by atoms with E-state index in [2.05, 4.69) is 20.9 Å². The van der Waals surface area contributed by atoms with Crippen molar-refractivity contribution >= 4 is 51.0 Å². The van der Waals surface area contributed by atoms with E-state index in [1.165, 1.54) is 47.2 Å². The molecule has 4 amide bonds. The Labute approximate surface area is 319 Å². The maximum Gasteiger partial charge on any atom is 0.287 e. The van der Waals surface area contributed by atoms with Gasteiger partial charge in [-0.15, -0.1) is 5.10 Å². The number of Topliss-reactive ketones (excluding diaryl/α,β-unsaturated/α-hetero) is 1. The van der Waals surface area contributed by atoms with Gasteiger partial charge in [-0.05, 0) is 74.8 Å². The van der Waals surface area contributed by atoms with Crippen molar-refractivity contribution in [1.29, 1.82) is 0 Å². The molecule has 1 aliphatic carbocycles. The van der Waals surface area contributed by atoms with Crippen LogP contribution in [0, 0.1) is 5.92 Å². The second kappa shape index (κ2) is 17.3. The van der Waals surface area contributed by atoms with Gasteiger partial charge in [0.2, 0.25) is 17.6 Å². The SMILES string of the molecule is COCCS(=O)(=O)c1ccc(C(=O)N[C@H](CC2CCCCC2)C(=O)N2C[C@@H](n3nncc3C(C)(C)O)C[C@H]2C(=O)NC2(C(=O)C(N)=O)CCSCC2)cc1. The van der Waals surface area contributed by atoms with Gasteiger partial charge in [-0.25, -0.2) is 13.1 Å². The summed E-state index contributed by atoms with van der Waals surface area (Å²) in [6, 6.07) is 2.65. The molecule has 1 aromatic heterocycles. The molecule has 0 spiro atoms. The number of methoxy groups -OCH3 is 1. The summed E-state index contributed by atoms with van der Waals surface area (Å²) < 4.78 is 31.7. The van der Waals surface area contributed by atoms with Gasteiger partial charge in [0, 0.05) is 25.6 Å². The van der Waals surface area contributed by atoms with Crippen molar-refractivity contribution in [2.45, 2.75) is 106 Å². The normalized spacial score (nSPS) is 21.3. The topological polar surface area (TPSA) is 233 Å². The lowest BCUT2D eigenvalue weighted by Gasteiger charge is -2.37. The number of nitrogens with zero attached hydrogens (tertiary/aromatic N) is 4. The van der Waals surface area contributed by atoms with E-state index in [4.69, 9.17) is 10.5 Å². The zero-order chi connectivity index (χ0) is 39.3. The van der Waals surface area contributed by atoms with Crippen LogP contribution in [0.4, 0.5) is 0 Å². The zero-order valence-corrected chi connectivity index (χ0v) is 32.6. The molecular formula is C36H51N7O9S2. The zero-order valence-electron chi connectivity index (χ0n) is 31.0. The second-order valence-corrected chi connectivity index (χ2v) is 18.3. The predicted molar refractivity (Wildman–Crippen MR) is 199 cm³/mol. The Bertz CT molecular complexity index is 1800. The molecule has 0 radical (unpaired) electrons. The third-order valence-corrected chi connectivity index (χ3v) is 13.4. The molecule has 3 heterocycles. The predicted octanol–water partition coefficient (Wildman–Crippen LogP) is 1.27. The van der Waals surface area contributed by atoms with Crippen LogP contribution in [0.5, 0.6) is 0 Å². The minimum Gasteiger partial charge on any atom is -0.384 e. The summed E-state index contributed by atoms with van der Waals surface area (Å²) in [7, 11) is -2.23. The molecule has 2 saturated heterocycles. The number of hydrogen-bond donors (Lipinski definition) is 4. The van der Waals surface area contributed by atoms with Crippen molar-refractivity contribution in [1.82, 2.24) is 30.5 Å². The number of benzene rings is 1. The Morgan fingerprint density at radius 2 is 1.76 bits per heavy atom. The summed E-state index contributed by atoms with van der Waals surface area (Å²) in [4.78, 5) is 69.6. The first-order valence-electron chi connectivity index (χ1n) is 18.4. The lowest BCUT2D eigenvalue weighted by Crippen LogP contribution is -2.63. The van der Waals surface area contributed by atoms with Crippen molar-refractivity contribution in [3.63, 3.8) is 0 Å². The molecule has 16 nitrogen and oxygen atoms in total. The first kappa shape index (κ1) is 41.3. The van der Waals surface area contributed by atoms with Gasteiger partial charge in [0.25, 0.3) is 11.8 Å². The second-order valence-electron chi connectivity index (χ2n) is 15.0. The number of nitrogens with two attached hydrogens (primary N) is 1. The average molecular weight is 790 g/mol. The van der Waals surface area contributed by atoms with E-state index in [1.807, 2.05) is 0 Å². The molecule has 296 valence electrons. The number of hydrogen-bond acceptors (Lipinski definition) is 12. The van der Waals surface area contributed by atoms with Crippen LogP contribution in [0.1, 0.15) is 93.7 Å². The number of amides is 4. The van der Waals surface area contributed by atoms with E-state index in [-0.39, 0.29) is 54.5 Å². The monoisotopic (exact) mass is 789 g/mol. The minimum atomic E-state index is -3.64. The van der Waals surface area contributed by atoms with Gasteiger partial charge in [-0.2, -0.15) is 11.8 Å². The molecule has 5 N–H and O–H groups in total. The van der Waals surface area contributed by atoms with Crippen molar-refractivity contribution < 1.29 is 42.2 Å². The molecule has 54 heavy (non-hydrogen) atoms. The quantitative estimate of drug-likeness (QED) is 0.187. The Kier molecular flexibility index (Phi) is 13.2. The third-order valence-electron chi connectivity index (χ3n) is 10.7. The van der Waals surface area contributed by atoms with Gasteiger partial charge in [-0.1, -0.05) is 37.3 Å². The number of likely N-dealkylation sites (tertiary alicyclic amines) is 1. The first-order chi connectivity index (χ1) is 25.6. The number of ketones is 1. The highest BCUT2D eigenvalue weighted by atomic mass is 32.2. The fraction of sp³-hybridized carbons (Fsp3) is 0.639. The Morgan fingerprint density at radius 3 is 2.37 bits per heavy atom. The van der Waals surface area contributed by atoms with E-state index in [1.54, 1.807) is 25.6 Å². The fourth-order valence-electron chi connectivity index (χ4n) is 7.66. The number of aromatic nitrogens is 3. The molecule has 3 fully saturated rings. The fourth-order valence-corrected chi connectivity index (χ4v) is 10.0. The lowest BCUT2D eigenvalue weighted by molar-refractivity contribution is -0.145. The molecule has 3 aliphatic rings. The number of thioether (sulfide) groups is 1. The van der Waals surface area contributed by atoms with Crippen molar-refractivity contribution in [2.75, 3.05) is 37.5 Å². The van der Waals surface area contributed by atoms with Gasteiger partial charge < -0.3 is 31.1 Å². The van der Waals surface area contributed by atoms with Crippen LogP contribution in [0.2, 0.25) is 0 Å². The number of carbonyl (C=O) groups is 5. The Hall–Kier alpha value is -3.87. The Morgan fingerprint density at radius 1 is 1.09 bits per heavy atom. The largest absolute Gasteiger partial charge is 0.384 e. The molecule has 3 atom stereocenters. The van der Waals surface area contributed by atoms with Gasteiger partial charge >= 0.3 is 0 Å². The number of nitrogens with one attached hydrogen (secondary N) is 2. The van der Waals surface area contributed by atoms with Crippen molar-refractivity contribution in [3.8, 4) is 0 Å². The molecule has 1 aromatic carbocycles. The summed E-state index contributed by atoms with van der Waals surface area (Å²) in [5.74, 6) is -2.89. The van der Waals surface area contributed by atoms with Crippen LogP contribution < -0.4 is 16.4 Å². The van der Waals surface area contributed by atoms with Crippen LogP contribution in [-0.4, -0.2) is 118 Å². The Balaban J connectivity index is 1.47. The minimum absolute atomic E-state index is 0.0173. The van der Waals surface area contributed by atoms with Crippen LogP contribution >= 0.6 is 11.8 Å². The summed E-state index contributed by atoms with van der Waals surface area (Å²) in [5.41, 5.74) is 3.08. The average Bonchev–Trinajstić information content (AvgIpc) is 3.83. The van der Waals surface area contributed by atoms with E-state index < -0.39 is 68.5 Å². The number of primary amides is 1. The number of rotatable bonds is 15. The maximum absolute atomic E-state index is 14.8. The van der Waals surface area contributed by atoms with Crippen LogP contribution in [0.25, 0.3) is 0 Å². The molecule has 18 heteroatoms. The first-order valence-corrected chi connectivity index (χ1v) is 21.2. The lowest BCUT2D eigenvalue weighted by atomic mass is 9.84. The highest BCUT2D eigenvalue weighted by Crippen LogP contribution is 2.35. The van der Waals surface area contributed by atoms with Crippen molar-refractivity contribution in [2.24, 2.45) is 11.7 Å². The molecule has 5 rings (SSSR count). The smallest absolute Gasteiger partial charge is 0.287 e. The molecular weight excluding hydrogens is 739 g/mol. The number of carbonyl (C=O) groups excluding carboxylic acids is 5. The standard InChI is InChI=1S/C36H51N7O9S2/c1-35(2,49)29-21-38-41-43(29)25-20-28(33(47)40-36(30(44)31(37)45)13-16-53-17-14-36)42(22-25)34(48)27(19-23-7-5-4-6-8-23)39-32(46)24-9-11-26(12-10-24)54(50,51)18-15-52-3/h9-12,21,23,25,27-28,49H,4-8,13-20,22H2,1-3H3,(H2,37,45)(H,39,46)(H,40,47)/t25-,27+,28-/m0/s1. The summed E-state index contributed by atoms with van der Waals surface area (Å²) in [5, 5.41) is 24.8. The summed E-state index contributed by atoms with van der Waals surface area (Å²) in [6.07, 6.45) is 6.91. The van der Waals surface area contributed by atoms with Crippen LogP contribution in [0.3, 0.4) is 0 Å². The van der Waals surface area contributed by atoms with E-state index in [0.29, 0.717) is 23.6 Å². The number of sulfone groups is 1. The van der Waals surface area contributed by atoms with Gasteiger partial charge in [-0.3, -0.25) is 24.0 Å². The van der Waals surface area contributed by atoms with Gasteiger partial charge in [0.05, 0.1) is 35.2 Å². The highest BCUT2D eigenvalue weighted by Gasteiger charge is 2.49. The van der Waals surface area contributed by atoms with E-state index in [0.717, 1.165) is 32.1 Å². The third kappa shape index (κ3) is 9.49. The number of ether oxygens (including phenoxy) is 1. The molecule has 1 saturated carbocycles. The molecule has 2 aliphatic heterocycles. The van der Waals surface area contributed by atoms with Gasteiger partial charge in [0.15, 0.2) is 9.84 Å². The summed E-state index contributed by atoms with van der Waals surface area (Å²) in [6.45, 7) is 3.13. The molecule has 0 unspecified atom stereocenters. The number of aliphatic hydroxyl groups is 1. The van der Waals surface area contributed by atoms with E-state index >= 15 is 0 Å². The summed E-state index contributed by atoms with van der Waals surface area (Å²) >= 11 is 1.59. The van der Waals surface area contributed by atoms with E-state index in [9.17, 15) is 37.5 Å². The van der Waals surface area contributed by atoms with Crippen molar-refractivity contribution in [3.05, 3.63) is 41.7 Å².